The monoisotopic (exact) mass is 168 g/mol. The molecular weight excluding hydrogens is 155 g/mol. The van der Waals surface area contributed by atoms with E-state index in [0.717, 1.165) is 11.3 Å². The smallest absolute Gasteiger partial charge is 0.119 e. The van der Waals surface area contributed by atoms with Gasteiger partial charge in [-0.2, -0.15) is 0 Å². The first-order valence-electron chi connectivity index (χ1n) is 3.95. The van der Waals surface area contributed by atoms with E-state index in [4.69, 9.17) is 4.74 Å². The van der Waals surface area contributed by atoms with Crippen LogP contribution in [0.2, 0.25) is 0 Å². The molecule has 0 aliphatic heterocycles. The molecule has 0 saturated heterocycles. The van der Waals surface area contributed by atoms with E-state index in [1.807, 2.05) is 13.8 Å². The summed E-state index contributed by atoms with van der Waals surface area (Å²) in [5, 5.41) is 0. The van der Waals surface area contributed by atoms with Crippen LogP contribution in [0, 0.1) is 5.92 Å². The number of rotatable bonds is 1. The van der Waals surface area contributed by atoms with Crippen LogP contribution in [-0.2, 0) is 4.74 Å². The first kappa shape index (κ1) is 9.04. The number of hydrogen-bond donors (Lipinski definition) is 0. The first-order chi connectivity index (χ1) is 5.65. The zero-order valence-corrected chi connectivity index (χ0v) is 7.60. The maximum atomic E-state index is 12.9. The topological polar surface area (TPSA) is 9.23 Å². The van der Waals surface area contributed by atoms with E-state index in [0.29, 0.717) is 0 Å². The van der Waals surface area contributed by atoms with Gasteiger partial charge >= 0.3 is 0 Å². The van der Waals surface area contributed by atoms with Crippen LogP contribution >= 0.6 is 0 Å². The number of hydrogen-bond acceptors (Lipinski definition) is 1. The molecule has 1 aliphatic carbocycles. The SMILES string of the molecule is COC1=C(C)[C@H](C)C=C(F)C=C1. The normalized spacial score (nSPS) is 23.7. The minimum atomic E-state index is -0.200. The zero-order valence-electron chi connectivity index (χ0n) is 7.60. The molecular formula is C10H13FO. The Hall–Kier alpha value is -1.05. The van der Waals surface area contributed by atoms with E-state index < -0.39 is 0 Å². The lowest BCUT2D eigenvalue weighted by atomic mass is 10.0. The second kappa shape index (κ2) is 3.57. The van der Waals surface area contributed by atoms with Crippen molar-refractivity contribution >= 4 is 0 Å². The molecule has 2 heteroatoms. The highest BCUT2D eigenvalue weighted by Gasteiger charge is 2.10. The number of methoxy groups -OCH3 is 1. The summed E-state index contributed by atoms with van der Waals surface area (Å²) >= 11 is 0. The van der Waals surface area contributed by atoms with Crippen molar-refractivity contribution in [1.29, 1.82) is 0 Å². The lowest BCUT2D eigenvalue weighted by molar-refractivity contribution is 0.299. The summed E-state index contributed by atoms with van der Waals surface area (Å²) < 4.78 is 18.0. The summed E-state index contributed by atoms with van der Waals surface area (Å²) in [6.45, 7) is 3.89. The molecule has 0 radical (unpaired) electrons. The Balaban J connectivity index is 3.01. The predicted molar refractivity (Wildman–Crippen MR) is 47.2 cm³/mol. The average molecular weight is 168 g/mol. The Morgan fingerprint density at radius 3 is 2.67 bits per heavy atom. The van der Waals surface area contributed by atoms with Gasteiger partial charge in [-0.25, -0.2) is 4.39 Å². The van der Waals surface area contributed by atoms with Crippen LogP contribution in [0.1, 0.15) is 13.8 Å². The van der Waals surface area contributed by atoms with Gasteiger partial charge in [-0.3, -0.25) is 0 Å². The van der Waals surface area contributed by atoms with Gasteiger partial charge in [-0.1, -0.05) is 6.92 Å². The van der Waals surface area contributed by atoms with Crippen molar-refractivity contribution in [3.8, 4) is 0 Å². The largest absolute Gasteiger partial charge is 0.497 e. The summed E-state index contributed by atoms with van der Waals surface area (Å²) in [4.78, 5) is 0. The molecule has 1 atom stereocenters. The van der Waals surface area contributed by atoms with Gasteiger partial charge < -0.3 is 4.74 Å². The van der Waals surface area contributed by atoms with Gasteiger partial charge in [0.15, 0.2) is 0 Å². The van der Waals surface area contributed by atoms with Gasteiger partial charge in [-0.05, 0) is 30.7 Å². The molecule has 0 aromatic carbocycles. The molecule has 0 fully saturated rings. The predicted octanol–water partition coefficient (Wildman–Crippen LogP) is 2.97. The minimum absolute atomic E-state index is 0.106. The van der Waals surface area contributed by atoms with E-state index >= 15 is 0 Å². The molecule has 0 spiro atoms. The summed E-state index contributed by atoms with van der Waals surface area (Å²) in [5.74, 6) is 0.662. The van der Waals surface area contributed by atoms with Crippen molar-refractivity contribution in [3.63, 3.8) is 0 Å². The van der Waals surface area contributed by atoms with Crippen molar-refractivity contribution in [2.75, 3.05) is 7.11 Å². The fourth-order valence-corrected chi connectivity index (χ4v) is 1.16. The van der Waals surface area contributed by atoms with Crippen molar-refractivity contribution in [2.45, 2.75) is 13.8 Å². The van der Waals surface area contributed by atoms with E-state index in [9.17, 15) is 4.39 Å². The molecule has 1 rings (SSSR count). The fraction of sp³-hybridized carbons (Fsp3) is 0.400. The van der Waals surface area contributed by atoms with Crippen LogP contribution in [0.4, 0.5) is 4.39 Å². The van der Waals surface area contributed by atoms with Gasteiger partial charge in [0, 0.05) is 5.92 Å². The molecule has 0 heterocycles. The van der Waals surface area contributed by atoms with Crippen molar-refractivity contribution < 1.29 is 9.13 Å². The van der Waals surface area contributed by atoms with Crippen LogP contribution < -0.4 is 0 Å². The second-order valence-corrected chi connectivity index (χ2v) is 2.92. The van der Waals surface area contributed by atoms with Gasteiger partial charge in [0.1, 0.15) is 11.6 Å². The highest BCUT2D eigenvalue weighted by Crippen LogP contribution is 2.23. The van der Waals surface area contributed by atoms with Gasteiger partial charge in [0.25, 0.3) is 0 Å². The van der Waals surface area contributed by atoms with Crippen LogP contribution in [0.3, 0.4) is 0 Å². The van der Waals surface area contributed by atoms with Crippen LogP contribution in [0.15, 0.2) is 35.4 Å². The first-order valence-corrected chi connectivity index (χ1v) is 3.95. The Kier molecular flexibility index (Phi) is 2.69. The maximum Gasteiger partial charge on any atom is 0.119 e. The molecule has 12 heavy (non-hydrogen) atoms. The fourth-order valence-electron chi connectivity index (χ4n) is 1.16. The maximum absolute atomic E-state index is 12.9. The van der Waals surface area contributed by atoms with Crippen molar-refractivity contribution in [2.24, 2.45) is 5.92 Å². The summed E-state index contributed by atoms with van der Waals surface area (Å²) in [6.07, 6.45) is 4.66. The van der Waals surface area contributed by atoms with E-state index in [2.05, 4.69) is 0 Å². The molecule has 0 aromatic rings. The average Bonchev–Trinajstić information content (AvgIpc) is 2.14. The van der Waals surface area contributed by atoms with Crippen LogP contribution in [-0.4, -0.2) is 7.11 Å². The third kappa shape index (κ3) is 1.76. The van der Waals surface area contributed by atoms with Crippen molar-refractivity contribution in [1.82, 2.24) is 0 Å². The van der Waals surface area contributed by atoms with E-state index in [-0.39, 0.29) is 11.7 Å². The zero-order chi connectivity index (χ0) is 9.14. The highest BCUT2D eigenvalue weighted by molar-refractivity contribution is 5.32. The number of allylic oxidation sites excluding steroid dienone is 5. The highest BCUT2D eigenvalue weighted by atomic mass is 19.1. The lowest BCUT2D eigenvalue weighted by Crippen LogP contribution is -1.96. The third-order valence-corrected chi connectivity index (χ3v) is 2.09. The van der Waals surface area contributed by atoms with Crippen molar-refractivity contribution in [3.05, 3.63) is 35.4 Å². The van der Waals surface area contributed by atoms with Crippen LogP contribution in [0.25, 0.3) is 0 Å². The molecule has 0 amide bonds. The summed E-state index contributed by atoms with van der Waals surface area (Å²) in [5.41, 5.74) is 1.06. The summed E-state index contributed by atoms with van der Waals surface area (Å²) in [6, 6.07) is 0. The molecule has 1 nitrogen and oxygen atoms in total. The Morgan fingerprint density at radius 2 is 2.08 bits per heavy atom. The Bertz CT molecular complexity index is 261. The molecule has 0 saturated carbocycles. The van der Waals surface area contributed by atoms with Gasteiger partial charge in [0.05, 0.1) is 7.11 Å². The molecule has 0 N–H and O–H groups in total. The Morgan fingerprint density at radius 1 is 1.42 bits per heavy atom. The molecule has 0 bridgehead atoms. The quantitative estimate of drug-likeness (QED) is 0.585. The van der Waals surface area contributed by atoms with E-state index in [1.165, 1.54) is 6.08 Å². The Labute approximate surface area is 72.2 Å². The lowest BCUT2D eigenvalue weighted by Gasteiger charge is -2.09. The van der Waals surface area contributed by atoms with Crippen LogP contribution in [0.5, 0.6) is 0 Å². The third-order valence-electron chi connectivity index (χ3n) is 2.09. The number of halogens is 1. The standard InChI is InChI=1S/C10H13FO/c1-7-6-9(11)4-5-10(12-3)8(7)2/h4-7H,1-3H3/t7-/m1/s1. The summed E-state index contributed by atoms with van der Waals surface area (Å²) in [7, 11) is 1.60. The molecule has 0 aromatic heterocycles. The van der Waals surface area contributed by atoms with Gasteiger partial charge in [0.2, 0.25) is 0 Å². The second-order valence-electron chi connectivity index (χ2n) is 2.92. The molecule has 0 unspecified atom stereocenters. The molecule has 1 aliphatic rings. The van der Waals surface area contributed by atoms with Gasteiger partial charge in [-0.15, -0.1) is 0 Å². The molecule has 66 valence electrons. The minimum Gasteiger partial charge on any atom is -0.497 e. The number of ether oxygens (including phenoxy) is 1. The van der Waals surface area contributed by atoms with E-state index in [1.54, 1.807) is 19.3 Å².